The molecular formula is C6H11O2. The van der Waals surface area contributed by atoms with Crippen LogP contribution in [-0.4, -0.2) is 23.9 Å². The van der Waals surface area contributed by atoms with Crippen LogP contribution in [0.2, 0.25) is 0 Å². The molecule has 8 heavy (non-hydrogen) atoms. The van der Waals surface area contributed by atoms with Gasteiger partial charge in [-0.25, -0.2) is 0 Å². The molecule has 1 aliphatic heterocycles. The maximum absolute atomic E-state index is 8.53. The quantitative estimate of drug-likeness (QED) is 0.534. The topological polar surface area (TPSA) is 29.5 Å². The van der Waals surface area contributed by atoms with Crippen molar-refractivity contribution in [3.8, 4) is 0 Å². The lowest BCUT2D eigenvalue weighted by molar-refractivity contribution is 0.0300. The van der Waals surface area contributed by atoms with Gasteiger partial charge in [0.25, 0.3) is 0 Å². The van der Waals surface area contributed by atoms with Gasteiger partial charge in [-0.15, -0.1) is 0 Å². The fraction of sp³-hybridized carbons (Fsp3) is 0.833. The Kier molecular flexibility index (Phi) is 1.86. The molecule has 0 aromatic heterocycles. The molecular weight excluding hydrogens is 104 g/mol. The van der Waals surface area contributed by atoms with Crippen LogP contribution in [0.1, 0.15) is 12.8 Å². The number of ether oxygens (including phenoxy) is 1. The summed E-state index contributed by atoms with van der Waals surface area (Å²) in [5.41, 5.74) is 0. The smallest absolute Gasteiger partial charge is 0.0810 e. The summed E-state index contributed by atoms with van der Waals surface area (Å²) in [5.74, 6) is 0. The van der Waals surface area contributed by atoms with Crippen LogP contribution in [0.15, 0.2) is 0 Å². The fourth-order valence-electron chi connectivity index (χ4n) is 0.914. The first-order valence-corrected chi connectivity index (χ1v) is 2.92. The zero-order valence-electron chi connectivity index (χ0n) is 4.84. The molecule has 1 N–H and O–H groups in total. The minimum absolute atomic E-state index is 0.0671. The molecule has 1 fully saturated rings. The van der Waals surface area contributed by atoms with Gasteiger partial charge in [0.2, 0.25) is 0 Å². The first kappa shape index (κ1) is 6.05. The Balaban J connectivity index is 2.22. The average molecular weight is 115 g/mol. The van der Waals surface area contributed by atoms with Crippen LogP contribution in [-0.2, 0) is 4.74 Å². The van der Waals surface area contributed by atoms with Crippen molar-refractivity contribution in [2.45, 2.75) is 25.0 Å². The minimum Gasteiger partial charge on any atom is -0.394 e. The number of hydrogen-bond acceptors (Lipinski definition) is 2. The summed E-state index contributed by atoms with van der Waals surface area (Å²) in [6, 6.07) is 0. The third kappa shape index (κ3) is 1.20. The monoisotopic (exact) mass is 115 g/mol. The highest BCUT2D eigenvalue weighted by molar-refractivity contribution is 4.73. The Hall–Kier alpha value is -0.0800. The predicted molar refractivity (Wildman–Crippen MR) is 30.3 cm³/mol. The number of rotatable bonds is 1. The van der Waals surface area contributed by atoms with Crippen molar-refractivity contribution in [2.24, 2.45) is 0 Å². The molecule has 1 radical (unpaired) electrons. The van der Waals surface area contributed by atoms with Crippen LogP contribution in [0.3, 0.4) is 0 Å². The van der Waals surface area contributed by atoms with E-state index in [1.54, 1.807) is 0 Å². The molecule has 2 heteroatoms. The van der Waals surface area contributed by atoms with E-state index in [0.29, 0.717) is 0 Å². The average Bonchev–Trinajstić information content (AvgIpc) is 2.14. The third-order valence-electron chi connectivity index (χ3n) is 1.40. The molecule has 0 aliphatic carbocycles. The van der Waals surface area contributed by atoms with E-state index in [9.17, 15) is 0 Å². The Bertz CT molecular complexity index is 72.9. The second-order valence-electron chi connectivity index (χ2n) is 2.14. The summed E-state index contributed by atoms with van der Waals surface area (Å²) in [4.78, 5) is 0. The Morgan fingerprint density at radius 1 is 1.62 bits per heavy atom. The zero-order valence-corrected chi connectivity index (χ0v) is 4.84. The summed E-state index contributed by atoms with van der Waals surface area (Å²) < 4.78 is 5.15. The van der Waals surface area contributed by atoms with Gasteiger partial charge in [0.1, 0.15) is 0 Å². The van der Waals surface area contributed by atoms with Crippen LogP contribution in [0.5, 0.6) is 0 Å². The van der Waals surface area contributed by atoms with Gasteiger partial charge in [-0.05, 0) is 19.8 Å². The highest BCUT2D eigenvalue weighted by atomic mass is 16.5. The van der Waals surface area contributed by atoms with Gasteiger partial charge >= 0.3 is 0 Å². The fourth-order valence-corrected chi connectivity index (χ4v) is 0.914. The molecule has 2 atom stereocenters. The van der Waals surface area contributed by atoms with E-state index in [1.807, 2.05) is 0 Å². The molecule has 0 unspecified atom stereocenters. The first-order chi connectivity index (χ1) is 3.83. The largest absolute Gasteiger partial charge is 0.394 e. The second kappa shape index (κ2) is 2.46. The molecule has 0 spiro atoms. The van der Waals surface area contributed by atoms with Crippen LogP contribution in [0, 0.1) is 6.92 Å². The van der Waals surface area contributed by atoms with Gasteiger partial charge in [0.15, 0.2) is 0 Å². The van der Waals surface area contributed by atoms with E-state index in [-0.39, 0.29) is 18.8 Å². The molecule has 0 aromatic rings. The maximum Gasteiger partial charge on any atom is 0.0810 e. The minimum atomic E-state index is 0.0671. The molecule has 1 aliphatic rings. The number of hydrogen-bond donors (Lipinski definition) is 1. The lowest BCUT2D eigenvalue weighted by Crippen LogP contribution is -2.12. The van der Waals surface area contributed by atoms with E-state index in [0.717, 1.165) is 12.8 Å². The molecule has 47 valence electrons. The normalized spacial score (nSPS) is 38.2. The van der Waals surface area contributed by atoms with Crippen LogP contribution >= 0.6 is 0 Å². The predicted octanol–water partition coefficient (Wildman–Crippen LogP) is 0.360. The van der Waals surface area contributed by atoms with Gasteiger partial charge in [0.05, 0.1) is 18.8 Å². The van der Waals surface area contributed by atoms with Crippen molar-refractivity contribution in [3.63, 3.8) is 0 Å². The molecule has 2 nitrogen and oxygen atoms in total. The third-order valence-corrected chi connectivity index (χ3v) is 1.40. The van der Waals surface area contributed by atoms with Crippen molar-refractivity contribution in [2.75, 3.05) is 6.61 Å². The summed E-state index contributed by atoms with van der Waals surface area (Å²) >= 11 is 0. The summed E-state index contributed by atoms with van der Waals surface area (Å²) in [6.07, 6.45) is 2.14. The SMILES string of the molecule is [CH2][C@H]1CC[C@@H](CO)O1. The van der Waals surface area contributed by atoms with E-state index in [2.05, 4.69) is 6.92 Å². The van der Waals surface area contributed by atoms with Crippen molar-refractivity contribution < 1.29 is 9.84 Å². The second-order valence-corrected chi connectivity index (χ2v) is 2.14. The lowest BCUT2D eigenvalue weighted by Gasteiger charge is -2.04. The summed E-state index contributed by atoms with van der Waals surface area (Å²) in [7, 11) is 0. The van der Waals surface area contributed by atoms with Crippen LogP contribution < -0.4 is 0 Å². The molecule has 0 aromatic carbocycles. The molecule has 1 saturated heterocycles. The van der Waals surface area contributed by atoms with Gasteiger partial charge < -0.3 is 9.84 Å². The highest BCUT2D eigenvalue weighted by Gasteiger charge is 2.20. The van der Waals surface area contributed by atoms with Crippen molar-refractivity contribution in [1.82, 2.24) is 0 Å². The summed E-state index contributed by atoms with van der Waals surface area (Å²) in [6.45, 7) is 3.85. The van der Waals surface area contributed by atoms with Crippen molar-refractivity contribution >= 4 is 0 Å². The molecule has 0 saturated carbocycles. The van der Waals surface area contributed by atoms with Crippen LogP contribution in [0.25, 0.3) is 0 Å². The number of aliphatic hydroxyl groups excluding tert-OH is 1. The van der Waals surface area contributed by atoms with E-state index in [1.165, 1.54) is 0 Å². The highest BCUT2D eigenvalue weighted by Crippen LogP contribution is 2.17. The standard InChI is InChI=1S/C6H11O2/c1-5-2-3-6(4-7)8-5/h5-7H,1-4H2/t5-,6-/m0/s1. The van der Waals surface area contributed by atoms with E-state index >= 15 is 0 Å². The molecule has 1 heterocycles. The van der Waals surface area contributed by atoms with Gasteiger partial charge in [-0.1, -0.05) is 0 Å². The van der Waals surface area contributed by atoms with Gasteiger partial charge in [-0.2, -0.15) is 0 Å². The van der Waals surface area contributed by atoms with E-state index < -0.39 is 0 Å². The van der Waals surface area contributed by atoms with Crippen molar-refractivity contribution in [3.05, 3.63) is 6.92 Å². The summed E-state index contributed by atoms with van der Waals surface area (Å²) in [5, 5.41) is 8.53. The molecule has 1 rings (SSSR count). The Labute approximate surface area is 49.5 Å². The zero-order chi connectivity index (χ0) is 5.98. The van der Waals surface area contributed by atoms with E-state index in [4.69, 9.17) is 9.84 Å². The van der Waals surface area contributed by atoms with Gasteiger partial charge in [0, 0.05) is 0 Å². The number of aliphatic hydroxyl groups is 1. The Morgan fingerprint density at radius 2 is 2.38 bits per heavy atom. The molecule has 0 bridgehead atoms. The molecule has 0 amide bonds. The first-order valence-electron chi connectivity index (χ1n) is 2.92. The van der Waals surface area contributed by atoms with Gasteiger partial charge in [-0.3, -0.25) is 0 Å². The van der Waals surface area contributed by atoms with Crippen LogP contribution in [0.4, 0.5) is 0 Å². The Morgan fingerprint density at radius 3 is 2.62 bits per heavy atom. The van der Waals surface area contributed by atoms with Crippen molar-refractivity contribution in [1.29, 1.82) is 0 Å². The lowest BCUT2D eigenvalue weighted by atomic mass is 10.2. The maximum atomic E-state index is 8.53.